The van der Waals surface area contributed by atoms with E-state index in [0.717, 1.165) is 38.2 Å². The van der Waals surface area contributed by atoms with E-state index in [0.29, 0.717) is 12.0 Å². The van der Waals surface area contributed by atoms with Crippen molar-refractivity contribution < 1.29 is 4.74 Å². The highest BCUT2D eigenvalue weighted by Crippen LogP contribution is 2.18. The monoisotopic (exact) mass is 310 g/mol. The molecule has 2 rings (SSSR count). The van der Waals surface area contributed by atoms with E-state index in [1.807, 2.05) is 7.05 Å². The first-order valence-corrected chi connectivity index (χ1v) is 8.83. The molecule has 2 heterocycles. The highest BCUT2D eigenvalue weighted by molar-refractivity contribution is 5.79. The number of aliphatic imine (C=N–C) groups is 1. The van der Waals surface area contributed by atoms with Gasteiger partial charge in [-0.15, -0.1) is 0 Å². The summed E-state index contributed by atoms with van der Waals surface area (Å²) < 4.78 is 5.47. The Balaban J connectivity index is 1.75. The smallest absolute Gasteiger partial charge is 0.193 e. The number of nitrogens with one attached hydrogen (secondary N) is 1. The maximum Gasteiger partial charge on any atom is 0.193 e. The highest BCUT2D eigenvalue weighted by atomic mass is 16.5. The van der Waals surface area contributed by atoms with Crippen LogP contribution in [0.25, 0.3) is 0 Å². The van der Waals surface area contributed by atoms with Gasteiger partial charge >= 0.3 is 0 Å². The van der Waals surface area contributed by atoms with Crippen molar-refractivity contribution in [3.05, 3.63) is 0 Å². The first-order valence-electron chi connectivity index (χ1n) is 8.83. The topological polar surface area (TPSA) is 40.1 Å². The fraction of sp³-hybridized carbons (Fsp3) is 0.941. The predicted octanol–water partition coefficient (Wildman–Crippen LogP) is 1.65. The van der Waals surface area contributed by atoms with E-state index >= 15 is 0 Å². The van der Waals surface area contributed by atoms with Gasteiger partial charge in [0, 0.05) is 52.3 Å². The van der Waals surface area contributed by atoms with Gasteiger partial charge in [-0.3, -0.25) is 4.99 Å². The molecule has 0 radical (unpaired) electrons. The molecule has 22 heavy (non-hydrogen) atoms. The molecule has 5 heteroatoms. The molecule has 0 spiro atoms. The summed E-state index contributed by atoms with van der Waals surface area (Å²) in [6, 6.07) is 0.659. The number of hydrogen-bond donors (Lipinski definition) is 1. The normalized spacial score (nSPS) is 27.4. The maximum atomic E-state index is 5.47. The molecule has 1 N–H and O–H groups in total. The number of ether oxygens (including phenoxy) is 1. The lowest BCUT2D eigenvalue weighted by Gasteiger charge is -2.36. The first kappa shape index (κ1) is 17.5. The van der Waals surface area contributed by atoms with Crippen LogP contribution in [0.4, 0.5) is 0 Å². The minimum absolute atomic E-state index is 0.648. The Morgan fingerprint density at radius 2 is 2.18 bits per heavy atom. The van der Waals surface area contributed by atoms with Crippen LogP contribution in [-0.4, -0.2) is 75.3 Å². The van der Waals surface area contributed by atoms with Gasteiger partial charge in [0.05, 0.1) is 6.61 Å². The first-order chi connectivity index (χ1) is 10.6. The van der Waals surface area contributed by atoms with Crippen molar-refractivity contribution in [2.45, 2.75) is 39.2 Å². The van der Waals surface area contributed by atoms with Crippen LogP contribution in [0.5, 0.6) is 0 Å². The number of guanidine groups is 1. The van der Waals surface area contributed by atoms with Crippen LogP contribution < -0.4 is 5.32 Å². The third-order valence-electron chi connectivity index (χ3n) is 4.96. The summed E-state index contributed by atoms with van der Waals surface area (Å²) in [4.78, 5) is 9.29. The lowest BCUT2D eigenvalue weighted by atomic mass is 9.97. The molecule has 0 saturated carbocycles. The zero-order chi connectivity index (χ0) is 15.9. The number of likely N-dealkylation sites (tertiary alicyclic amines) is 1. The van der Waals surface area contributed by atoms with Crippen molar-refractivity contribution in [1.29, 1.82) is 0 Å². The van der Waals surface area contributed by atoms with Gasteiger partial charge in [-0.1, -0.05) is 0 Å². The molecule has 2 unspecified atom stereocenters. The molecule has 0 aromatic heterocycles. The van der Waals surface area contributed by atoms with Gasteiger partial charge in [0.15, 0.2) is 5.96 Å². The molecule has 2 atom stereocenters. The van der Waals surface area contributed by atoms with E-state index in [1.165, 1.54) is 32.4 Å². The van der Waals surface area contributed by atoms with Crippen LogP contribution in [-0.2, 0) is 4.74 Å². The molecule has 2 aliphatic rings. The van der Waals surface area contributed by atoms with Crippen LogP contribution in [0, 0.1) is 11.8 Å². The maximum absolute atomic E-state index is 5.47. The fourth-order valence-corrected chi connectivity index (χ4v) is 3.55. The van der Waals surface area contributed by atoms with Crippen molar-refractivity contribution in [2.24, 2.45) is 16.8 Å². The Bertz CT molecular complexity index is 353. The van der Waals surface area contributed by atoms with Gasteiger partial charge < -0.3 is 19.9 Å². The van der Waals surface area contributed by atoms with E-state index in [-0.39, 0.29) is 0 Å². The molecule has 5 nitrogen and oxygen atoms in total. The average molecular weight is 310 g/mol. The molecular weight excluding hydrogens is 276 g/mol. The molecule has 0 aromatic carbocycles. The fourth-order valence-electron chi connectivity index (χ4n) is 3.55. The van der Waals surface area contributed by atoms with Crippen LogP contribution >= 0.6 is 0 Å². The lowest BCUT2D eigenvalue weighted by Crippen LogP contribution is -2.47. The SMILES string of the molecule is CN=C(NCC1CCCN(C(C)C)C1)N(C)CC1CCOC1. The Hall–Kier alpha value is -0.810. The second-order valence-corrected chi connectivity index (χ2v) is 7.14. The number of hydrogen-bond acceptors (Lipinski definition) is 3. The summed E-state index contributed by atoms with van der Waals surface area (Å²) in [5.74, 6) is 2.40. The summed E-state index contributed by atoms with van der Waals surface area (Å²) in [5.41, 5.74) is 0. The number of rotatable bonds is 5. The van der Waals surface area contributed by atoms with Crippen LogP contribution in [0.1, 0.15) is 33.1 Å². The van der Waals surface area contributed by atoms with E-state index in [4.69, 9.17) is 4.74 Å². The van der Waals surface area contributed by atoms with Crippen molar-refractivity contribution >= 4 is 5.96 Å². The molecule has 0 amide bonds. The van der Waals surface area contributed by atoms with E-state index in [1.54, 1.807) is 0 Å². The zero-order valence-corrected chi connectivity index (χ0v) is 14.8. The number of piperidine rings is 1. The minimum atomic E-state index is 0.648. The van der Waals surface area contributed by atoms with Crippen molar-refractivity contribution in [2.75, 3.05) is 53.5 Å². The zero-order valence-electron chi connectivity index (χ0n) is 14.8. The molecule has 2 saturated heterocycles. The van der Waals surface area contributed by atoms with Gasteiger partial charge in [-0.25, -0.2) is 0 Å². The predicted molar refractivity (Wildman–Crippen MR) is 92.4 cm³/mol. The van der Waals surface area contributed by atoms with E-state index < -0.39 is 0 Å². The Morgan fingerprint density at radius 1 is 1.36 bits per heavy atom. The van der Waals surface area contributed by atoms with Crippen LogP contribution in [0.2, 0.25) is 0 Å². The third-order valence-corrected chi connectivity index (χ3v) is 4.96. The van der Waals surface area contributed by atoms with E-state index in [9.17, 15) is 0 Å². The summed E-state index contributed by atoms with van der Waals surface area (Å²) in [6.07, 6.45) is 3.82. The van der Waals surface area contributed by atoms with Gasteiger partial charge in [0.1, 0.15) is 0 Å². The Morgan fingerprint density at radius 3 is 2.82 bits per heavy atom. The summed E-state index contributed by atoms with van der Waals surface area (Å²) >= 11 is 0. The molecule has 0 aliphatic carbocycles. The molecule has 2 fully saturated rings. The second-order valence-electron chi connectivity index (χ2n) is 7.14. The van der Waals surface area contributed by atoms with Crippen LogP contribution in [0.15, 0.2) is 4.99 Å². The van der Waals surface area contributed by atoms with Crippen molar-refractivity contribution in [3.63, 3.8) is 0 Å². The third kappa shape index (κ3) is 5.13. The van der Waals surface area contributed by atoms with Gasteiger partial charge in [-0.2, -0.15) is 0 Å². The van der Waals surface area contributed by atoms with Gasteiger partial charge in [0.2, 0.25) is 0 Å². The van der Waals surface area contributed by atoms with E-state index in [2.05, 4.69) is 41.0 Å². The average Bonchev–Trinajstić information content (AvgIpc) is 3.01. The van der Waals surface area contributed by atoms with Crippen molar-refractivity contribution in [3.8, 4) is 0 Å². The van der Waals surface area contributed by atoms with Crippen LogP contribution in [0.3, 0.4) is 0 Å². The summed E-state index contributed by atoms with van der Waals surface area (Å²) in [6.45, 7) is 10.9. The largest absolute Gasteiger partial charge is 0.381 e. The standard InChI is InChI=1S/C17H34N4O/c1-14(2)21-8-5-6-15(12-21)10-19-17(18-3)20(4)11-16-7-9-22-13-16/h14-16H,5-13H2,1-4H3,(H,18,19). The molecule has 0 bridgehead atoms. The Kier molecular flexibility index (Phi) is 6.96. The second kappa shape index (κ2) is 8.73. The molecular formula is C17H34N4O. The molecule has 0 aromatic rings. The minimum Gasteiger partial charge on any atom is -0.381 e. The summed E-state index contributed by atoms with van der Waals surface area (Å²) in [5, 5.41) is 3.58. The highest BCUT2D eigenvalue weighted by Gasteiger charge is 2.23. The lowest BCUT2D eigenvalue weighted by molar-refractivity contribution is 0.140. The molecule has 128 valence electrons. The van der Waals surface area contributed by atoms with Gasteiger partial charge in [-0.05, 0) is 45.6 Å². The quantitative estimate of drug-likeness (QED) is 0.619. The van der Waals surface area contributed by atoms with Gasteiger partial charge in [0.25, 0.3) is 0 Å². The Labute approximate surface area is 136 Å². The van der Waals surface area contributed by atoms with Crippen molar-refractivity contribution in [1.82, 2.24) is 15.1 Å². The summed E-state index contributed by atoms with van der Waals surface area (Å²) in [7, 11) is 4.01. The molecule has 2 aliphatic heterocycles. The number of nitrogens with zero attached hydrogens (tertiary/aromatic N) is 3.